The van der Waals surface area contributed by atoms with Crippen molar-refractivity contribution < 1.29 is 19.1 Å². The standard InChI is InChI=1S/C17H20N2O4/c1-11-4-2-3-7-17(11)15(20)19(16(21)18-17)9-12-5-6-13-14(8-12)23-10-22-13/h5-6,8,11H,2-4,7,9-10H2,1H3,(H,18,21)/t11-,17+/m1/s1. The highest BCUT2D eigenvalue weighted by molar-refractivity contribution is 6.07. The highest BCUT2D eigenvalue weighted by Crippen LogP contribution is 2.39. The molecule has 1 aromatic rings. The number of nitrogens with one attached hydrogen (secondary N) is 1. The van der Waals surface area contributed by atoms with Crippen LogP contribution in [0.5, 0.6) is 11.5 Å². The zero-order valence-electron chi connectivity index (χ0n) is 13.1. The van der Waals surface area contributed by atoms with Gasteiger partial charge in [0.1, 0.15) is 5.54 Å². The van der Waals surface area contributed by atoms with Crippen LogP contribution in [0.4, 0.5) is 4.79 Å². The summed E-state index contributed by atoms with van der Waals surface area (Å²) in [5.74, 6) is 1.44. The summed E-state index contributed by atoms with van der Waals surface area (Å²) in [6.07, 6.45) is 3.81. The minimum absolute atomic E-state index is 0.0904. The zero-order valence-corrected chi connectivity index (χ0v) is 13.1. The number of benzene rings is 1. The van der Waals surface area contributed by atoms with E-state index in [-0.39, 0.29) is 31.2 Å². The number of hydrogen-bond acceptors (Lipinski definition) is 4. The molecule has 0 radical (unpaired) electrons. The van der Waals surface area contributed by atoms with Gasteiger partial charge >= 0.3 is 6.03 Å². The Hall–Kier alpha value is -2.24. The van der Waals surface area contributed by atoms with E-state index in [4.69, 9.17) is 9.47 Å². The maximum Gasteiger partial charge on any atom is 0.325 e. The fourth-order valence-electron chi connectivity index (χ4n) is 3.86. The fourth-order valence-corrected chi connectivity index (χ4v) is 3.86. The first-order chi connectivity index (χ1) is 11.1. The number of fused-ring (bicyclic) bond motifs is 1. The van der Waals surface area contributed by atoms with E-state index in [0.717, 1.165) is 31.2 Å². The predicted octanol–water partition coefficient (Wildman–Crippen LogP) is 2.42. The SMILES string of the molecule is C[C@@H]1CCCC[C@]12NC(=O)N(Cc1ccc3c(c1)OCO3)C2=O. The van der Waals surface area contributed by atoms with Crippen LogP contribution in [0.25, 0.3) is 0 Å². The molecule has 1 spiro atoms. The van der Waals surface area contributed by atoms with E-state index in [0.29, 0.717) is 11.5 Å². The first kappa shape index (κ1) is 14.4. The summed E-state index contributed by atoms with van der Waals surface area (Å²) in [5.41, 5.74) is 0.157. The number of ether oxygens (including phenoxy) is 2. The van der Waals surface area contributed by atoms with E-state index in [2.05, 4.69) is 12.2 Å². The van der Waals surface area contributed by atoms with E-state index in [1.165, 1.54) is 4.90 Å². The van der Waals surface area contributed by atoms with Crippen LogP contribution in [0.15, 0.2) is 18.2 Å². The summed E-state index contributed by atoms with van der Waals surface area (Å²) in [6, 6.07) is 5.22. The number of amides is 3. The molecule has 1 saturated carbocycles. The molecule has 0 bridgehead atoms. The molecule has 1 saturated heterocycles. The van der Waals surface area contributed by atoms with Gasteiger partial charge in [0.15, 0.2) is 11.5 Å². The van der Waals surface area contributed by atoms with Crippen LogP contribution in [0.2, 0.25) is 0 Å². The Kier molecular flexibility index (Phi) is 3.21. The van der Waals surface area contributed by atoms with Gasteiger partial charge in [-0.15, -0.1) is 0 Å². The highest BCUT2D eigenvalue weighted by atomic mass is 16.7. The number of rotatable bonds is 2. The van der Waals surface area contributed by atoms with Crippen LogP contribution in [0, 0.1) is 5.92 Å². The minimum atomic E-state index is -0.703. The lowest BCUT2D eigenvalue weighted by molar-refractivity contribution is -0.134. The van der Waals surface area contributed by atoms with E-state index >= 15 is 0 Å². The van der Waals surface area contributed by atoms with Crippen molar-refractivity contribution in [2.75, 3.05) is 6.79 Å². The maximum absolute atomic E-state index is 12.9. The van der Waals surface area contributed by atoms with Crippen LogP contribution < -0.4 is 14.8 Å². The topological polar surface area (TPSA) is 67.9 Å². The summed E-state index contributed by atoms with van der Waals surface area (Å²) < 4.78 is 10.6. The average molecular weight is 316 g/mol. The third-order valence-electron chi connectivity index (χ3n) is 5.28. The summed E-state index contributed by atoms with van der Waals surface area (Å²) in [5, 5.41) is 2.97. The molecule has 0 aromatic heterocycles. The van der Waals surface area contributed by atoms with E-state index in [9.17, 15) is 9.59 Å². The van der Waals surface area contributed by atoms with Gasteiger partial charge in [0, 0.05) is 0 Å². The monoisotopic (exact) mass is 316 g/mol. The molecule has 6 heteroatoms. The van der Waals surface area contributed by atoms with Gasteiger partial charge in [-0.1, -0.05) is 25.8 Å². The van der Waals surface area contributed by atoms with Gasteiger partial charge in [0.2, 0.25) is 6.79 Å². The number of urea groups is 1. The van der Waals surface area contributed by atoms with Crippen molar-refractivity contribution in [3.05, 3.63) is 23.8 Å². The van der Waals surface area contributed by atoms with Gasteiger partial charge in [-0.2, -0.15) is 0 Å². The average Bonchev–Trinajstić information content (AvgIpc) is 3.09. The maximum atomic E-state index is 12.9. The van der Waals surface area contributed by atoms with E-state index in [1.807, 2.05) is 18.2 Å². The molecule has 4 rings (SSSR count). The Morgan fingerprint density at radius 3 is 2.91 bits per heavy atom. The number of imide groups is 1. The number of carbonyl (C=O) groups is 2. The zero-order chi connectivity index (χ0) is 16.0. The molecule has 3 aliphatic rings. The normalized spacial score (nSPS) is 29.3. The van der Waals surface area contributed by atoms with Gasteiger partial charge in [-0.3, -0.25) is 9.69 Å². The highest BCUT2D eigenvalue weighted by Gasteiger charge is 2.54. The van der Waals surface area contributed by atoms with Crippen molar-refractivity contribution in [2.45, 2.75) is 44.7 Å². The lowest BCUT2D eigenvalue weighted by atomic mass is 9.73. The second-order valence-corrected chi connectivity index (χ2v) is 6.63. The lowest BCUT2D eigenvalue weighted by Gasteiger charge is -2.36. The first-order valence-corrected chi connectivity index (χ1v) is 8.13. The number of nitrogens with zero attached hydrogens (tertiary/aromatic N) is 1. The molecular weight excluding hydrogens is 296 g/mol. The molecule has 23 heavy (non-hydrogen) atoms. The van der Waals surface area contributed by atoms with E-state index in [1.54, 1.807) is 0 Å². The largest absolute Gasteiger partial charge is 0.454 e. The smallest absolute Gasteiger partial charge is 0.325 e. The summed E-state index contributed by atoms with van der Waals surface area (Å²) in [4.78, 5) is 26.6. The van der Waals surface area contributed by atoms with Gasteiger partial charge in [-0.25, -0.2) is 4.79 Å². The Morgan fingerprint density at radius 1 is 1.26 bits per heavy atom. The number of hydrogen-bond donors (Lipinski definition) is 1. The molecule has 0 unspecified atom stereocenters. The Morgan fingerprint density at radius 2 is 2.09 bits per heavy atom. The molecule has 2 heterocycles. The molecule has 122 valence electrons. The third-order valence-corrected chi connectivity index (χ3v) is 5.28. The Labute approximate surface area is 134 Å². The van der Waals surface area contributed by atoms with Crippen LogP contribution >= 0.6 is 0 Å². The van der Waals surface area contributed by atoms with Crippen LogP contribution in [-0.4, -0.2) is 29.2 Å². The predicted molar refractivity (Wildman–Crippen MR) is 82.0 cm³/mol. The third kappa shape index (κ3) is 2.16. The second-order valence-electron chi connectivity index (χ2n) is 6.63. The van der Waals surface area contributed by atoms with Crippen LogP contribution in [0.3, 0.4) is 0 Å². The molecule has 3 amide bonds. The van der Waals surface area contributed by atoms with Gasteiger partial charge < -0.3 is 14.8 Å². The van der Waals surface area contributed by atoms with E-state index < -0.39 is 5.54 Å². The molecule has 1 N–H and O–H groups in total. The summed E-state index contributed by atoms with van der Waals surface area (Å²) in [6.45, 7) is 2.53. The molecule has 6 nitrogen and oxygen atoms in total. The second kappa shape index (κ2) is 5.15. The summed E-state index contributed by atoms with van der Waals surface area (Å²) in [7, 11) is 0. The van der Waals surface area contributed by atoms with Crippen molar-refractivity contribution >= 4 is 11.9 Å². The molecule has 2 atom stereocenters. The molecule has 1 aliphatic carbocycles. The Balaban J connectivity index is 1.57. The Bertz CT molecular complexity index is 675. The molecule has 2 fully saturated rings. The quantitative estimate of drug-likeness (QED) is 0.851. The van der Waals surface area contributed by atoms with Crippen molar-refractivity contribution in [3.8, 4) is 11.5 Å². The first-order valence-electron chi connectivity index (χ1n) is 8.13. The van der Waals surface area contributed by atoms with Gasteiger partial charge in [0.25, 0.3) is 5.91 Å². The lowest BCUT2D eigenvalue weighted by Crippen LogP contribution is -2.53. The van der Waals surface area contributed by atoms with Gasteiger partial charge in [0.05, 0.1) is 6.54 Å². The summed E-state index contributed by atoms with van der Waals surface area (Å²) >= 11 is 0. The molecule has 1 aromatic carbocycles. The fraction of sp³-hybridized carbons (Fsp3) is 0.529. The van der Waals surface area contributed by atoms with Crippen molar-refractivity contribution in [1.82, 2.24) is 10.2 Å². The minimum Gasteiger partial charge on any atom is -0.454 e. The van der Waals surface area contributed by atoms with Crippen LogP contribution in [-0.2, 0) is 11.3 Å². The number of carbonyl (C=O) groups excluding carboxylic acids is 2. The molecular formula is C17H20N2O4. The van der Waals surface area contributed by atoms with Gasteiger partial charge in [-0.05, 0) is 36.5 Å². The molecule has 2 aliphatic heterocycles. The van der Waals surface area contributed by atoms with Crippen molar-refractivity contribution in [2.24, 2.45) is 5.92 Å². The van der Waals surface area contributed by atoms with Crippen LogP contribution in [0.1, 0.15) is 38.2 Å². The van der Waals surface area contributed by atoms with Crippen molar-refractivity contribution in [3.63, 3.8) is 0 Å². The van der Waals surface area contributed by atoms with Crippen molar-refractivity contribution in [1.29, 1.82) is 0 Å².